The van der Waals surface area contributed by atoms with Crippen LogP contribution in [0.2, 0.25) is 0 Å². The van der Waals surface area contributed by atoms with Crippen LogP contribution in [0.5, 0.6) is 0 Å². The van der Waals surface area contributed by atoms with Crippen LogP contribution >= 0.6 is 0 Å². The number of ether oxygens (including phenoxy) is 1. The van der Waals surface area contributed by atoms with E-state index in [1.54, 1.807) is 0 Å². The predicted molar refractivity (Wildman–Crippen MR) is 101 cm³/mol. The zero-order chi connectivity index (χ0) is 18.4. The third kappa shape index (κ3) is 4.58. The Bertz CT molecular complexity index is 730. The van der Waals surface area contributed by atoms with Crippen molar-refractivity contribution in [1.82, 2.24) is 15.3 Å². The van der Waals surface area contributed by atoms with Gasteiger partial charge in [0.05, 0.1) is 31.4 Å². The second-order valence-corrected chi connectivity index (χ2v) is 6.49. The fraction of sp³-hybridized carbons (Fsp3) is 0.450. The number of benzene rings is 1. The van der Waals surface area contributed by atoms with E-state index in [0.717, 1.165) is 36.5 Å². The maximum Gasteiger partial charge on any atom is 0.227 e. The van der Waals surface area contributed by atoms with E-state index in [9.17, 15) is 4.79 Å². The van der Waals surface area contributed by atoms with Crippen molar-refractivity contribution < 1.29 is 9.53 Å². The van der Waals surface area contributed by atoms with Gasteiger partial charge in [-0.25, -0.2) is 9.97 Å². The number of nitrogens with one attached hydrogen (secondary N) is 1. The summed E-state index contributed by atoms with van der Waals surface area (Å²) in [6, 6.07) is 11.8. The molecule has 1 saturated heterocycles. The lowest BCUT2D eigenvalue weighted by molar-refractivity contribution is -0.122. The van der Waals surface area contributed by atoms with Crippen molar-refractivity contribution in [3.8, 4) is 0 Å². The zero-order valence-electron chi connectivity index (χ0n) is 15.4. The first kappa shape index (κ1) is 18.3. The molecule has 138 valence electrons. The van der Waals surface area contributed by atoms with Crippen LogP contribution in [-0.4, -0.2) is 42.2 Å². The molecule has 0 radical (unpaired) electrons. The molecular formula is C20H26N4O2. The third-order valence-corrected chi connectivity index (χ3v) is 4.56. The molecule has 0 saturated carbocycles. The average molecular weight is 354 g/mol. The van der Waals surface area contributed by atoms with Crippen molar-refractivity contribution in [2.75, 3.05) is 31.2 Å². The van der Waals surface area contributed by atoms with Crippen molar-refractivity contribution >= 4 is 11.9 Å². The molecule has 0 aliphatic carbocycles. The molecule has 1 atom stereocenters. The van der Waals surface area contributed by atoms with Crippen LogP contribution < -0.4 is 10.2 Å². The predicted octanol–water partition coefficient (Wildman–Crippen LogP) is 2.43. The van der Waals surface area contributed by atoms with E-state index in [1.807, 2.05) is 50.2 Å². The van der Waals surface area contributed by atoms with Crippen LogP contribution in [-0.2, 0) is 16.1 Å². The van der Waals surface area contributed by atoms with E-state index in [0.29, 0.717) is 25.7 Å². The molecule has 0 bridgehead atoms. The molecule has 2 aromatic rings. The van der Waals surface area contributed by atoms with E-state index in [1.165, 1.54) is 0 Å². The first-order valence-corrected chi connectivity index (χ1v) is 9.17. The van der Waals surface area contributed by atoms with Gasteiger partial charge in [0, 0.05) is 18.8 Å². The Morgan fingerprint density at radius 1 is 1.23 bits per heavy atom. The molecule has 2 heterocycles. The fourth-order valence-electron chi connectivity index (χ4n) is 3.17. The molecule has 3 rings (SSSR count). The number of morpholine rings is 1. The zero-order valence-corrected chi connectivity index (χ0v) is 15.4. The first-order chi connectivity index (χ1) is 12.7. The number of anilines is 1. The fourth-order valence-corrected chi connectivity index (χ4v) is 3.17. The number of hydrogen-bond acceptors (Lipinski definition) is 5. The smallest absolute Gasteiger partial charge is 0.227 e. The summed E-state index contributed by atoms with van der Waals surface area (Å²) in [5.41, 5.74) is 2.77. The number of amides is 1. The molecule has 1 aromatic carbocycles. The number of aromatic nitrogens is 2. The number of carbonyl (C=O) groups is 1. The van der Waals surface area contributed by atoms with Crippen LogP contribution in [0.3, 0.4) is 0 Å². The highest BCUT2D eigenvalue weighted by Gasteiger charge is 2.19. The van der Waals surface area contributed by atoms with E-state index in [-0.39, 0.29) is 11.8 Å². The molecular weight excluding hydrogens is 328 g/mol. The van der Waals surface area contributed by atoms with E-state index in [2.05, 4.69) is 20.2 Å². The maximum absolute atomic E-state index is 12.6. The van der Waals surface area contributed by atoms with Gasteiger partial charge in [-0.2, -0.15) is 0 Å². The molecule has 1 N–H and O–H groups in total. The Labute approximate surface area is 154 Å². The van der Waals surface area contributed by atoms with E-state index >= 15 is 0 Å². The van der Waals surface area contributed by atoms with Crippen molar-refractivity contribution in [2.45, 2.75) is 32.7 Å². The van der Waals surface area contributed by atoms with Gasteiger partial charge in [-0.05, 0) is 25.0 Å². The van der Waals surface area contributed by atoms with Gasteiger partial charge in [-0.3, -0.25) is 4.79 Å². The summed E-state index contributed by atoms with van der Waals surface area (Å²) in [5.74, 6) is 0.605. The number of hydrogen-bond donors (Lipinski definition) is 1. The summed E-state index contributed by atoms with van der Waals surface area (Å²) in [7, 11) is 0. The van der Waals surface area contributed by atoms with E-state index in [4.69, 9.17) is 4.74 Å². The Morgan fingerprint density at radius 2 is 1.96 bits per heavy atom. The monoisotopic (exact) mass is 354 g/mol. The molecule has 1 aromatic heterocycles. The van der Waals surface area contributed by atoms with E-state index < -0.39 is 0 Å². The number of carbonyl (C=O) groups excluding carboxylic acids is 1. The van der Waals surface area contributed by atoms with Gasteiger partial charge in [0.15, 0.2) is 0 Å². The first-order valence-electron chi connectivity index (χ1n) is 9.17. The Morgan fingerprint density at radius 3 is 2.65 bits per heavy atom. The summed E-state index contributed by atoms with van der Waals surface area (Å²) < 4.78 is 5.39. The SMILES string of the molecule is CC[C@H](C(=O)NCc1cc(C)nc(N2CCOCC2)n1)c1ccccc1. The summed E-state index contributed by atoms with van der Waals surface area (Å²) in [4.78, 5) is 23.9. The molecule has 0 spiro atoms. The summed E-state index contributed by atoms with van der Waals surface area (Å²) in [6.07, 6.45) is 0.762. The normalized spacial score (nSPS) is 15.5. The topological polar surface area (TPSA) is 67.4 Å². The lowest BCUT2D eigenvalue weighted by atomic mass is 9.96. The van der Waals surface area contributed by atoms with Gasteiger partial charge in [0.25, 0.3) is 0 Å². The standard InChI is InChI=1S/C20H26N4O2/c1-3-18(16-7-5-4-6-8-16)19(25)21-14-17-13-15(2)22-20(23-17)24-9-11-26-12-10-24/h4-8,13,18H,3,9-12,14H2,1-2H3,(H,21,25)/t18-/m0/s1. The number of rotatable bonds is 6. The Balaban J connectivity index is 1.66. The summed E-state index contributed by atoms with van der Waals surface area (Å²) in [6.45, 7) is 7.36. The molecule has 6 heteroatoms. The highest BCUT2D eigenvalue weighted by molar-refractivity contribution is 5.83. The highest BCUT2D eigenvalue weighted by atomic mass is 16.5. The quantitative estimate of drug-likeness (QED) is 0.863. The highest BCUT2D eigenvalue weighted by Crippen LogP contribution is 2.19. The van der Waals surface area contributed by atoms with Crippen LogP contribution in [0, 0.1) is 6.92 Å². The minimum Gasteiger partial charge on any atom is -0.378 e. The molecule has 1 fully saturated rings. The van der Waals surface area contributed by atoms with Gasteiger partial charge >= 0.3 is 0 Å². The van der Waals surface area contributed by atoms with Gasteiger partial charge in [-0.1, -0.05) is 37.3 Å². The second-order valence-electron chi connectivity index (χ2n) is 6.49. The van der Waals surface area contributed by atoms with Crippen LogP contribution in [0.1, 0.15) is 36.2 Å². The Hall–Kier alpha value is -2.47. The van der Waals surface area contributed by atoms with Gasteiger partial charge in [-0.15, -0.1) is 0 Å². The third-order valence-electron chi connectivity index (χ3n) is 4.56. The molecule has 26 heavy (non-hydrogen) atoms. The average Bonchev–Trinajstić information content (AvgIpc) is 2.68. The molecule has 1 aliphatic rings. The minimum atomic E-state index is -0.141. The largest absolute Gasteiger partial charge is 0.378 e. The van der Waals surface area contributed by atoms with Crippen molar-refractivity contribution in [3.05, 3.63) is 53.3 Å². The summed E-state index contributed by atoms with van der Waals surface area (Å²) in [5, 5.41) is 3.03. The number of aryl methyl sites for hydroxylation is 1. The summed E-state index contributed by atoms with van der Waals surface area (Å²) >= 11 is 0. The van der Waals surface area contributed by atoms with Crippen molar-refractivity contribution in [1.29, 1.82) is 0 Å². The minimum absolute atomic E-state index is 0.0305. The van der Waals surface area contributed by atoms with Gasteiger partial charge < -0.3 is 15.0 Å². The lowest BCUT2D eigenvalue weighted by Gasteiger charge is -2.27. The second kappa shape index (κ2) is 8.76. The molecule has 1 amide bonds. The van der Waals surface area contributed by atoms with Gasteiger partial charge in [0.1, 0.15) is 0 Å². The van der Waals surface area contributed by atoms with Gasteiger partial charge in [0.2, 0.25) is 11.9 Å². The molecule has 0 unspecified atom stereocenters. The maximum atomic E-state index is 12.6. The lowest BCUT2D eigenvalue weighted by Crippen LogP contribution is -2.37. The van der Waals surface area contributed by atoms with Crippen LogP contribution in [0.25, 0.3) is 0 Å². The molecule has 6 nitrogen and oxygen atoms in total. The Kier molecular flexibility index (Phi) is 6.17. The van der Waals surface area contributed by atoms with Crippen molar-refractivity contribution in [2.24, 2.45) is 0 Å². The van der Waals surface area contributed by atoms with Crippen molar-refractivity contribution in [3.63, 3.8) is 0 Å². The van der Waals surface area contributed by atoms with Crippen LogP contribution in [0.15, 0.2) is 36.4 Å². The van der Waals surface area contributed by atoms with Crippen LogP contribution in [0.4, 0.5) is 5.95 Å². The number of nitrogens with zero attached hydrogens (tertiary/aromatic N) is 3. The molecule has 1 aliphatic heterocycles.